The predicted octanol–water partition coefficient (Wildman–Crippen LogP) is 3.61. The summed E-state index contributed by atoms with van der Waals surface area (Å²) in [6.45, 7) is 8.90. The normalized spacial score (nSPS) is 15.4. The van der Waals surface area contributed by atoms with Crippen molar-refractivity contribution in [3.05, 3.63) is 71.4 Å². The van der Waals surface area contributed by atoms with Gasteiger partial charge in [0, 0.05) is 70.4 Å². The molecule has 10 heteroatoms. The minimum atomic E-state index is -0.399. The Morgan fingerprint density at radius 3 is 2.38 bits per heavy atom. The second-order valence-corrected chi connectivity index (χ2v) is 10.3. The van der Waals surface area contributed by atoms with Crippen LogP contribution in [0, 0.1) is 13.8 Å². The lowest BCUT2D eigenvalue weighted by Gasteiger charge is -2.38. The molecule has 0 spiro atoms. The molecule has 210 valence electrons. The topological polar surface area (TPSA) is 111 Å². The van der Waals surface area contributed by atoms with Gasteiger partial charge in [0.1, 0.15) is 6.26 Å². The summed E-state index contributed by atoms with van der Waals surface area (Å²) < 4.78 is 5.22. The van der Waals surface area contributed by atoms with Crippen molar-refractivity contribution in [2.24, 2.45) is 0 Å². The Labute approximate surface area is 234 Å². The Hall–Kier alpha value is -4.34. The van der Waals surface area contributed by atoms with Crippen LogP contribution in [0.25, 0.3) is 0 Å². The SMILES string of the molecule is Cc1nc(C(=O)Nc2cc(C(=O)NCCCN3CCCC3=O)ccc2N2CCN(c3ccccc3C)CC2)co1. The van der Waals surface area contributed by atoms with Crippen LogP contribution in [0.3, 0.4) is 0 Å². The Morgan fingerprint density at radius 2 is 1.70 bits per heavy atom. The molecular weight excluding hydrogens is 508 g/mol. The molecule has 2 aromatic carbocycles. The van der Waals surface area contributed by atoms with E-state index in [1.165, 1.54) is 17.5 Å². The molecule has 0 saturated carbocycles. The summed E-state index contributed by atoms with van der Waals surface area (Å²) in [6, 6.07) is 13.8. The Kier molecular flexibility index (Phi) is 8.33. The van der Waals surface area contributed by atoms with Gasteiger partial charge in [0.05, 0.1) is 11.4 Å². The van der Waals surface area contributed by atoms with Crippen molar-refractivity contribution >= 4 is 34.8 Å². The van der Waals surface area contributed by atoms with E-state index in [-0.39, 0.29) is 17.5 Å². The number of aryl methyl sites for hydroxylation is 2. The van der Waals surface area contributed by atoms with Crippen molar-refractivity contribution in [2.45, 2.75) is 33.1 Å². The van der Waals surface area contributed by atoms with Gasteiger partial charge in [0.2, 0.25) is 5.91 Å². The lowest BCUT2D eigenvalue weighted by molar-refractivity contribution is -0.127. The van der Waals surface area contributed by atoms with Crippen LogP contribution >= 0.6 is 0 Å². The average Bonchev–Trinajstić information content (AvgIpc) is 3.59. The highest BCUT2D eigenvalue weighted by Crippen LogP contribution is 2.30. The van der Waals surface area contributed by atoms with Crippen molar-refractivity contribution in [1.82, 2.24) is 15.2 Å². The molecule has 3 amide bonds. The Balaban J connectivity index is 1.28. The molecule has 2 fully saturated rings. The standard InChI is InChI=1S/C30H36N6O4/c1-21-7-3-4-8-26(21)34-15-17-35(18-16-34)27-11-10-23(19-24(27)33-30(39)25-20-40-22(2)32-25)29(38)31-12-6-14-36-13-5-9-28(36)37/h3-4,7-8,10-11,19-20H,5-6,9,12-18H2,1-2H3,(H,31,38)(H,33,39). The molecule has 1 aromatic heterocycles. The number of piperazine rings is 1. The number of carbonyl (C=O) groups is 3. The largest absolute Gasteiger partial charge is 0.448 e. The van der Waals surface area contributed by atoms with Crippen molar-refractivity contribution in [3.63, 3.8) is 0 Å². The second kappa shape index (κ2) is 12.2. The molecule has 0 unspecified atom stereocenters. The van der Waals surface area contributed by atoms with Crippen LogP contribution in [-0.2, 0) is 4.79 Å². The van der Waals surface area contributed by atoms with Gasteiger partial charge in [-0.05, 0) is 49.6 Å². The molecule has 40 heavy (non-hydrogen) atoms. The quantitative estimate of drug-likeness (QED) is 0.396. The molecule has 10 nitrogen and oxygen atoms in total. The number of hydrogen-bond donors (Lipinski definition) is 2. The summed E-state index contributed by atoms with van der Waals surface area (Å²) in [5.74, 6) is -0.0354. The lowest BCUT2D eigenvalue weighted by Crippen LogP contribution is -2.47. The molecule has 2 saturated heterocycles. The minimum Gasteiger partial charge on any atom is -0.448 e. The molecule has 2 N–H and O–H groups in total. The second-order valence-electron chi connectivity index (χ2n) is 10.3. The van der Waals surface area contributed by atoms with E-state index in [2.05, 4.69) is 50.5 Å². The van der Waals surface area contributed by atoms with Crippen LogP contribution in [-0.4, -0.2) is 73.4 Å². The highest BCUT2D eigenvalue weighted by Gasteiger charge is 2.23. The third-order valence-electron chi connectivity index (χ3n) is 7.50. The van der Waals surface area contributed by atoms with Crippen molar-refractivity contribution in [2.75, 3.05) is 60.9 Å². The molecule has 0 aliphatic carbocycles. The molecule has 2 aliphatic rings. The van der Waals surface area contributed by atoms with Gasteiger partial charge >= 0.3 is 0 Å². The van der Waals surface area contributed by atoms with Gasteiger partial charge in [-0.15, -0.1) is 0 Å². The predicted molar refractivity (Wildman–Crippen MR) is 154 cm³/mol. The van der Waals surface area contributed by atoms with Crippen molar-refractivity contribution in [1.29, 1.82) is 0 Å². The van der Waals surface area contributed by atoms with Gasteiger partial charge in [-0.25, -0.2) is 4.98 Å². The van der Waals surface area contributed by atoms with Crippen molar-refractivity contribution < 1.29 is 18.8 Å². The summed E-state index contributed by atoms with van der Waals surface area (Å²) in [4.78, 5) is 48.4. The summed E-state index contributed by atoms with van der Waals surface area (Å²) in [6.07, 6.45) is 3.53. The number of likely N-dealkylation sites (tertiary alicyclic amines) is 1. The maximum Gasteiger partial charge on any atom is 0.277 e. The number of amides is 3. The molecule has 0 atom stereocenters. The van der Waals surface area contributed by atoms with Gasteiger partial charge in [-0.2, -0.15) is 0 Å². The van der Waals surface area contributed by atoms with E-state index in [9.17, 15) is 14.4 Å². The zero-order chi connectivity index (χ0) is 28.1. The number of anilines is 3. The first-order chi connectivity index (χ1) is 19.4. The van der Waals surface area contributed by atoms with E-state index in [1.807, 2.05) is 17.0 Å². The van der Waals surface area contributed by atoms with Crippen LogP contribution in [0.1, 0.15) is 51.6 Å². The number of hydrogen-bond acceptors (Lipinski definition) is 7. The molecule has 2 aliphatic heterocycles. The fourth-order valence-electron chi connectivity index (χ4n) is 5.33. The summed E-state index contributed by atoms with van der Waals surface area (Å²) in [5, 5.41) is 5.90. The molecule has 0 bridgehead atoms. The highest BCUT2D eigenvalue weighted by molar-refractivity contribution is 6.06. The maximum atomic E-state index is 13.0. The van der Waals surface area contributed by atoms with E-state index >= 15 is 0 Å². The first-order valence-electron chi connectivity index (χ1n) is 13.9. The van der Waals surface area contributed by atoms with Crippen LogP contribution in [0.5, 0.6) is 0 Å². The third-order valence-corrected chi connectivity index (χ3v) is 7.50. The van der Waals surface area contributed by atoms with Crippen LogP contribution in [0.15, 0.2) is 53.1 Å². The number of benzene rings is 2. The molecule has 5 rings (SSSR count). The van der Waals surface area contributed by atoms with E-state index in [0.29, 0.717) is 43.1 Å². The summed E-state index contributed by atoms with van der Waals surface area (Å²) in [7, 11) is 0. The first kappa shape index (κ1) is 27.2. The van der Waals surface area contributed by atoms with Gasteiger partial charge in [-0.1, -0.05) is 18.2 Å². The zero-order valence-electron chi connectivity index (χ0n) is 23.1. The van der Waals surface area contributed by atoms with Gasteiger partial charge in [-0.3, -0.25) is 14.4 Å². The minimum absolute atomic E-state index is 0.180. The summed E-state index contributed by atoms with van der Waals surface area (Å²) in [5.41, 5.74) is 4.50. The average molecular weight is 545 g/mol. The lowest BCUT2D eigenvalue weighted by atomic mass is 10.1. The smallest absolute Gasteiger partial charge is 0.277 e. The molecule has 0 radical (unpaired) electrons. The van der Waals surface area contributed by atoms with Gasteiger partial charge < -0.3 is 29.8 Å². The van der Waals surface area contributed by atoms with Crippen LogP contribution in [0.4, 0.5) is 17.1 Å². The Morgan fingerprint density at radius 1 is 0.950 bits per heavy atom. The zero-order valence-corrected chi connectivity index (χ0v) is 23.1. The molecular formula is C30H36N6O4. The molecule has 3 heterocycles. The number of rotatable bonds is 9. The van der Waals surface area contributed by atoms with Crippen LogP contribution < -0.4 is 20.4 Å². The number of nitrogens with zero attached hydrogens (tertiary/aromatic N) is 4. The van der Waals surface area contributed by atoms with E-state index in [1.54, 1.807) is 19.1 Å². The monoisotopic (exact) mass is 544 g/mol. The van der Waals surface area contributed by atoms with Gasteiger partial charge in [0.15, 0.2) is 11.6 Å². The number of nitrogens with one attached hydrogen (secondary N) is 2. The third kappa shape index (κ3) is 6.27. The Bertz CT molecular complexity index is 1380. The number of oxazole rings is 1. The fourth-order valence-corrected chi connectivity index (χ4v) is 5.33. The maximum absolute atomic E-state index is 13.0. The number of para-hydroxylation sites is 1. The van der Waals surface area contributed by atoms with Crippen LogP contribution in [0.2, 0.25) is 0 Å². The van der Waals surface area contributed by atoms with E-state index < -0.39 is 5.91 Å². The number of carbonyl (C=O) groups excluding carboxylic acids is 3. The highest BCUT2D eigenvalue weighted by atomic mass is 16.3. The van der Waals surface area contributed by atoms with Crippen molar-refractivity contribution in [3.8, 4) is 0 Å². The summed E-state index contributed by atoms with van der Waals surface area (Å²) >= 11 is 0. The van der Waals surface area contributed by atoms with E-state index in [0.717, 1.165) is 44.8 Å². The van der Waals surface area contributed by atoms with Gasteiger partial charge in [0.25, 0.3) is 11.8 Å². The number of aromatic nitrogens is 1. The first-order valence-corrected chi connectivity index (χ1v) is 13.9. The fraction of sp³-hybridized carbons (Fsp3) is 0.400. The van der Waals surface area contributed by atoms with E-state index in [4.69, 9.17) is 4.42 Å². The molecule has 3 aromatic rings.